The summed E-state index contributed by atoms with van der Waals surface area (Å²) in [4.78, 5) is 14.6. The van der Waals surface area contributed by atoms with Gasteiger partial charge >= 0.3 is 0 Å². The Balaban J connectivity index is 1.55. The maximum atomic E-state index is 12.3. The second-order valence-corrected chi connectivity index (χ2v) is 8.44. The summed E-state index contributed by atoms with van der Waals surface area (Å²) in [6, 6.07) is 9.33. The highest BCUT2D eigenvalue weighted by molar-refractivity contribution is 5.78. The number of nitrogens with zero attached hydrogens (tertiary/aromatic N) is 1. The van der Waals surface area contributed by atoms with Crippen LogP contribution >= 0.6 is 0 Å². The van der Waals surface area contributed by atoms with E-state index in [1.807, 2.05) is 0 Å². The first-order valence-electron chi connectivity index (χ1n) is 9.66. The Hall–Kier alpha value is -1.39. The summed E-state index contributed by atoms with van der Waals surface area (Å²) in [7, 11) is 0. The van der Waals surface area contributed by atoms with Gasteiger partial charge in [0.1, 0.15) is 0 Å². The van der Waals surface area contributed by atoms with Gasteiger partial charge in [-0.2, -0.15) is 0 Å². The minimum absolute atomic E-state index is 0.119. The lowest BCUT2D eigenvalue weighted by Gasteiger charge is -2.26. The lowest BCUT2D eigenvalue weighted by molar-refractivity contribution is -0.123. The largest absolute Gasteiger partial charge is 0.376 e. The van der Waals surface area contributed by atoms with Crippen LogP contribution in [0.15, 0.2) is 24.3 Å². The van der Waals surface area contributed by atoms with E-state index in [9.17, 15) is 4.79 Å². The molecule has 25 heavy (non-hydrogen) atoms. The maximum Gasteiger partial charge on any atom is 0.234 e. The third-order valence-electron chi connectivity index (χ3n) is 5.42. The zero-order valence-corrected chi connectivity index (χ0v) is 15.9. The van der Waals surface area contributed by atoms with Gasteiger partial charge in [-0.3, -0.25) is 9.69 Å². The summed E-state index contributed by atoms with van der Waals surface area (Å²) in [6.45, 7) is 9.68. The second kappa shape index (κ2) is 7.88. The molecule has 3 rings (SSSR count). The molecule has 1 amide bonds. The minimum atomic E-state index is 0.119. The molecule has 0 spiro atoms. The molecule has 2 heterocycles. The molecular formula is C21H32N2O2. The van der Waals surface area contributed by atoms with Crippen molar-refractivity contribution < 1.29 is 9.53 Å². The van der Waals surface area contributed by atoms with Crippen LogP contribution in [-0.2, 0) is 14.9 Å². The van der Waals surface area contributed by atoms with E-state index in [0.717, 1.165) is 38.8 Å². The van der Waals surface area contributed by atoms with Gasteiger partial charge in [-0.1, -0.05) is 45.0 Å². The van der Waals surface area contributed by atoms with Crippen molar-refractivity contribution in [3.63, 3.8) is 0 Å². The summed E-state index contributed by atoms with van der Waals surface area (Å²) < 4.78 is 5.57. The van der Waals surface area contributed by atoms with Crippen LogP contribution in [0.5, 0.6) is 0 Å². The number of rotatable bonds is 5. The molecule has 4 heteroatoms. The van der Waals surface area contributed by atoms with Crippen LogP contribution in [0.1, 0.15) is 63.6 Å². The van der Waals surface area contributed by atoms with Gasteiger partial charge in [0.05, 0.1) is 12.6 Å². The van der Waals surface area contributed by atoms with Crippen molar-refractivity contribution in [3.8, 4) is 0 Å². The van der Waals surface area contributed by atoms with E-state index in [4.69, 9.17) is 4.74 Å². The summed E-state index contributed by atoms with van der Waals surface area (Å²) in [5.41, 5.74) is 2.86. The first kappa shape index (κ1) is 18.4. The van der Waals surface area contributed by atoms with E-state index < -0.39 is 0 Å². The fourth-order valence-electron chi connectivity index (χ4n) is 3.87. The Morgan fingerprint density at radius 2 is 1.96 bits per heavy atom. The molecule has 2 fully saturated rings. The number of carbonyl (C=O) groups is 1. The molecule has 1 aromatic carbocycles. The molecular weight excluding hydrogens is 312 g/mol. The second-order valence-electron chi connectivity index (χ2n) is 8.44. The van der Waals surface area contributed by atoms with Crippen molar-refractivity contribution in [2.45, 2.75) is 64.0 Å². The highest BCUT2D eigenvalue weighted by Gasteiger charge is 2.28. The normalized spacial score (nSPS) is 24.6. The van der Waals surface area contributed by atoms with Gasteiger partial charge in [-0.15, -0.1) is 0 Å². The fourth-order valence-corrected chi connectivity index (χ4v) is 3.87. The standard InChI is InChI=1S/C21H32N2O2/c1-21(2,3)17-10-8-16(9-11-17)19-7-4-12-23(19)15-20(24)22-14-18-6-5-13-25-18/h8-11,18-19H,4-7,12-15H2,1-3H3,(H,22,24). The Labute approximate surface area is 151 Å². The van der Waals surface area contributed by atoms with Gasteiger partial charge < -0.3 is 10.1 Å². The molecule has 2 atom stereocenters. The van der Waals surface area contributed by atoms with E-state index in [0.29, 0.717) is 19.1 Å². The fraction of sp³-hybridized carbons (Fsp3) is 0.667. The third kappa shape index (κ3) is 4.83. The molecule has 0 aliphatic carbocycles. The Bertz CT molecular complexity index is 571. The van der Waals surface area contributed by atoms with Gasteiger partial charge in [0.25, 0.3) is 0 Å². The van der Waals surface area contributed by atoms with Gasteiger partial charge in [0, 0.05) is 19.2 Å². The van der Waals surface area contributed by atoms with Crippen molar-refractivity contribution in [1.82, 2.24) is 10.2 Å². The molecule has 0 radical (unpaired) electrons. The highest BCUT2D eigenvalue weighted by atomic mass is 16.5. The zero-order chi connectivity index (χ0) is 17.9. The van der Waals surface area contributed by atoms with Crippen molar-refractivity contribution in [2.75, 3.05) is 26.2 Å². The molecule has 1 aromatic rings. The first-order valence-corrected chi connectivity index (χ1v) is 9.66. The van der Waals surface area contributed by atoms with Crippen LogP contribution in [-0.4, -0.2) is 43.2 Å². The monoisotopic (exact) mass is 344 g/mol. The topological polar surface area (TPSA) is 41.6 Å². The molecule has 1 N–H and O–H groups in total. The lowest BCUT2D eigenvalue weighted by atomic mass is 9.86. The minimum Gasteiger partial charge on any atom is -0.376 e. The van der Waals surface area contributed by atoms with Crippen molar-refractivity contribution in [2.24, 2.45) is 0 Å². The van der Waals surface area contributed by atoms with E-state index in [-0.39, 0.29) is 17.4 Å². The smallest absolute Gasteiger partial charge is 0.234 e. The SMILES string of the molecule is CC(C)(C)c1ccc(C2CCCN2CC(=O)NCC2CCCO2)cc1. The Morgan fingerprint density at radius 3 is 2.60 bits per heavy atom. The lowest BCUT2D eigenvalue weighted by Crippen LogP contribution is -2.39. The Morgan fingerprint density at radius 1 is 1.20 bits per heavy atom. The first-order chi connectivity index (χ1) is 11.9. The number of carbonyl (C=O) groups excluding carboxylic acids is 1. The third-order valence-corrected chi connectivity index (χ3v) is 5.42. The van der Waals surface area contributed by atoms with Gasteiger partial charge in [-0.05, 0) is 48.8 Å². The summed E-state index contributed by atoms with van der Waals surface area (Å²) >= 11 is 0. The predicted molar refractivity (Wildman–Crippen MR) is 101 cm³/mol. The number of ether oxygens (including phenoxy) is 1. The molecule has 2 unspecified atom stereocenters. The van der Waals surface area contributed by atoms with Crippen LogP contribution < -0.4 is 5.32 Å². The molecule has 0 saturated carbocycles. The van der Waals surface area contributed by atoms with Crippen molar-refractivity contribution in [1.29, 1.82) is 0 Å². The quantitative estimate of drug-likeness (QED) is 0.890. The maximum absolute atomic E-state index is 12.3. The van der Waals surface area contributed by atoms with E-state index in [1.165, 1.54) is 11.1 Å². The predicted octanol–water partition coefficient (Wildman–Crippen LogP) is 3.42. The van der Waals surface area contributed by atoms with Gasteiger partial charge in [0.2, 0.25) is 5.91 Å². The van der Waals surface area contributed by atoms with Crippen LogP contribution in [0.2, 0.25) is 0 Å². The molecule has 2 aliphatic rings. The van der Waals surface area contributed by atoms with Crippen LogP contribution in [0.3, 0.4) is 0 Å². The highest BCUT2D eigenvalue weighted by Crippen LogP contribution is 2.33. The molecule has 0 aromatic heterocycles. The molecule has 4 nitrogen and oxygen atoms in total. The molecule has 138 valence electrons. The van der Waals surface area contributed by atoms with E-state index >= 15 is 0 Å². The van der Waals surface area contributed by atoms with Crippen molar-refractivity contribution >= 4 is 5.91 Å². The summed E-state index contributed by atoms with van der Waals surface area (Å²) in [5.74, 6) is 0.119. The molecule has 2 saturated heterocycles. The number of likely N-dealkylation sites (tertiary alicyclic amines) is 1. The van der Waals surface area contributed by atoms with Gasteiger partial charge in [0.15, 0.2) is 0 Å². The molecule has 2 aliphatic heterocycles. The van der Waals surface area contributed by atoms with E-state index in [2.05, 4.69) is 55.3 Å². The number of hydrogen-bond donors (Lipinski definition) is 1. The number of benzene rings is 1. The van der Waals surface area contributed by atoms with E-state index in [1.54, 1.807) is 0 Å². The van der Waals surface area contributed by atoms with Crippen LogP contribution in [0.25, 0.3) is 0 Å². The number of hydrogen-bond acceptors (Lipinski definition) is 3. The van der Waals surface area contributed by atoms with Gasteiger partial charge in [-0.25, -0.2) is 0 Å². The summed E-state index contributed by atoms with van der Waals surface area (Å²) in [5, 5.41) is 3.05. The number of amides is 1. The van der Waals surface area contributed by atoms with Crippen LogP contribution in [0, 0.1) is 0 Å². The summed E-state index contributed by atoms with van der Waals surface area (Å²) in [6.07, 6.45) is 4.67. The average molecular weight is 344 g/mol. The Kier molecular flexibility index (Phi) is 5.80. The van der Waals surface area contributed by atoms with Crippen molar-refractivity contribution in [3.05, 3.63) is 35.4 Å². The average Bonchev–Trinajstić information content (AvgIpc) is 3.24. The van der Waals surface area contributed by atoms with Crippen LogP contribution in [0.4, 0.5) is 0 Å². The number of nitrogens with one attached hydrogen (secondary N) is 1. The zero-order valence-electron chi connectivity index (χ0n) is 15.9. The molecule has 0 bridgehead atoms.